The maximum Gasteiger partial charge on any atom is 0.146 e. The van der Waals surface area contributed by atoms with Crippen LogP contribution in [0.15, 0.2) is 22.9 Å². The highest BCUT2D eigenvalue weighted by Crippen LogP contribution is 2.25. The van der Waals surface area contributed by atoms with Gasteiger partial charge in [0.2, 0.25) is 0 Å². The summed E-state index contributed by atoms with van der Waals surface area (Å²) < 4.78 is 0.715. The van der Waals surface area contributed by atoms with Gasteiger partial charge in [0.25, 0.3) is 0 Å². The van der Waals surface area contributed by atoms with Crippen molar-refractivity contribution in [2.45, 2.75) is 19.9 Å². The molecule has 0 aliphatic rings. The third-order valence-electron chi connectivity index (χ3n) is 2.31. The molecule has 2 aromatic heterocycles. The van der Waals surface area contributed by atoms with Crippen LogP contribution in [-0.4, -0.2) is 9.97 Å². The van der Waals surface area contributed by atoms with Gasteiger partial charge in [0.15, 0.2) is 0 Å². The number of hydrogen-bond acceptors (Lipinski definition) is 5. The minimum Gasteiger partial charge on any atom is -0.383 e. The van der Waals surface area contributed by atoms with Crippen molar-refractivity contribution in [3.05, 3.63) is 32.7 Å². The molecule has 90 valence electrons. The molecule has 0 bridgehead atoms. The number of hydrogen-bond donors (Lipinski definition) is 2. The summed E-state index contributed by atoms with van der Waals surface area (Å²) in [7, 11) is 0. The second-order valence-electron chi connectivity index (χ2n) is 3.50. The van der Waals surface area contributed by atoms with Gasteiger partial charge in [-0.15, -0.1) is 11.3 Å². The van der Waals surface area contributed by atoms with E-state index in [0.717, 1.165) is 18.8 Å². The van der Waals surface area contributed by atoms with E-state index < -0.39 is 0 Å². The van der Waals surface area contributed by atoms with Crippen molar-refractivity contribution in [1.29, 1.82) is 0 Å². The number of aryl methyl sites for hydroxylation is 1. The molecular formula is C11H13BrN4S. The molecule has 0 fully saturated rings. The molecule has 6 heteroatoms. The van der Waals surface area contributed by atoms with Gasteiger partial charge in [0, 0.05) is 9.75 Å². The van der Waals surface area contributed by atoms with Gasteiger partial charge in [-0.25, -0.2) is 9.97 Å². The molecule has 17 heavy (non-hydrogen) atoms. The van der Waals surface area contributed by atoms with Crippen LogP contribution in [0.1, 0.15) is 16.7 Å². The van der Waals surface area contributed by atoms with E-state index >= 15 is 0 Å². The third kappa shape index (κ3) is 2.95. The lowest BCUT2D eigenvalue weighted by Crippen LogP contribution is -2.03. The molecule has 0 unspecified atom stereocenters. The number of nitrogens with two attached hydrogens (primary N) is 1. The Bertz CT molecular complexity index is 512. The van der Waals surface area contributed by atoms with E-state index in [1.54, 1.807) is 0 Å². The topological polar surface area (TPSA) is 63.8 Å². The van der Waals surface area contributed by atoms with Crippen LogP contribution in [0.4, 0.5) is 11.6 Å². The zero-order valence-electron chi connectivity index (χ0n) is 9.40. The van der Waals surface area contributed by atoms with Crippen molar-refractivity contribution < 1.29 is 0 Å². The third-order valence-corrected chi connectivity index (χ3v) is 4.32. The average Bonchev–Trinajstić information content (AvgIpc) is 2.79. The van der Waals surface area contributed by atoms with E-state index in [0.29, 0.717) is 10.3 Å². The largest absolute Gasteiger partial charge is 0.383 e. The lowest BCUT2D eigenvalue weighted by molar-refractivity contribution is 1.09. The number of anilines is 2. The van der Waals surface area contributed by atoms with E-state index in [1.165, 1.54) is 16.1 Å². The number of halogens is 1. The van der Waals surface area contributed by atoms with Gasteiger partial charge in [-0.1, -0.05) is 6.92 Å². The average molecular weight is 313 g/mol. The van der Waals surface area contributed by atoms with Gasteiger partial charge in [-0.05, 0) is 34.5 Å². The molecule has 2 heterocycles. The Labute approximate surface area is 112 Å². The Morgan fingerprint density at radius 3 is 2.82 bits per heavy atom. The van der Waals surface area contributed by atoms with Gasteiger partial charge >= 0.3 is 0 Å². The van der Waals surface area contributed by atoms with Crippen LogP contribution in [0.5, 0.6) is 0 Å². The highest BCUT2D eigenvalue weighted by molar-refractivity contribution is 9.10. The minimum absolute atomic E-state index is 0.447. The van der Waals surface area contributed by atoms with Crippen LogP contribution in [0, 0.1) is 0 Å². The molecule has 0 spiro atoms. The molecule has 0 aliphatic heterocycles. The number of aromatic nitrogens is 2. The first-order valence-electron chi connectivity index (χ1n) is 5.28. The van der Waals surface area contributed by atoms with Crippen LogP contribution in [0.3, 0.4) is 0 Å². The zero-order valence-corrected chi connectivity index (χ0v) is 11.8. The summed E-state index contributed by atoms with van der Waals surface area (Å²) in [5, 5.41) is 3.24. The summed E-state index contributed by atoms with van der Waals surface area (Å²) in [6.45, 7) is 2.91. The summed E-state index contributed by atoms with van der Waals surface area (Å²) >= 11 is 5.17. The Kier molecular flexibility index (Phi) is 3.96. The number of nitrogen functional groups attached to an aromatic ring is 1. The van der Waals surface area contributed by atoms with Crippen molar-refractivity contribution in [3.8, 4) is 0 Å². The Morgan fingerprint density at radius 1 is 1.35 bits per heavy atom. The Morgan fingerprint density at radius 2 is 2.12 bits per heavy atom. The first-order chi connectivity index (χ1) is 8.20. The monoisotopic (exact) mass is 312 g/mol. The Balaban J connectivity index is 2.04. The van der Waals surface area contributed by atoms with E-state index in [9.17, 15) is 0 Å². The van der Waals surface area contributed by atoms with Crippen molar-refractivity contribution >= 4 is 38.9 Å². The second kappa shape index (κ2) is 5.46. The maximum absolute atomic E-state index is 5.68. The van der Waals surface area contributed by atoms with Gasteiger partial charge in [-0.2, -0.15) is 0 Å². The molecule has 0 aromatic carbocycles. The molecule has 0 aliphatic carbocycles. The smallest absolute Gasteiger partial charge is 0.146 e. The van der Waals surface area contributed by atoms with Crippen molar-refractivity contribution in [2.75, 3.05) is 11.1 Å². The summed E-state index contributed by atoms with van der Waals surface area (Å²) in [6, 6.07) is 4.29. The summed E-state index contributed by atoms with van der Waals surface area (Å²) in [6.07, 6.45) is 2.53. The predicted molar refractivity (Wildman–Crippen MR) is 75.2 cm³/mol. The SMILES string of the molecule is CCc1ccc(CNc2ncnc(N)c2Br)s1. The van der Waals surface area contributed by atoms with Crippen LogP contribution in [0.25, 0.3) is 0 Å². The molecule has 3 N–H and O–H groups in total. The second-order valence-corrected chi connectivity index (χ2v) is 5.54. The van der Waals surface area contributed by atoms with Crippen molar-refractivity contribution in [1.82, 2.24) is 9.97 Å². The zero-order chi connectivity index (χ0) is 12.3. The van der Waals surface area contributed by atoms with E-state index in [2.05, 4.69) is 50.3 Å². The lowest BCUT2D eigenvalue weighted by Gasteiger charge is -2.06. The maximum atomic E-state index is 5.68. The van der Waals surface area contributed by atoms with Crippen LogP contribution < -0.4 is 11.1 Å². The standard InChI is InChI=1S/C11H13BrN4S/c1-2-7-3-4-8(17-7)5-14-11-9(12)10(13)15-6-16-11/h3-4,6H,2,5H2,1H3,(H3,13,14,15,16). The van der Waals surface area contributed by atoms with Gasteiger partial charge < -0.3 is 11.1 Å². The number of nitrogens with one attached hydrogen (secondary N) is 1. The van der Waals surface area contributed by atoms with Crippen molar-refractivity contribution in [3.63, 3.8) is 0 Å². The molecule has 0 amide bonds. The quantitative estimate of drug-likeness (QED) is 0.910. The first kappa shape index (κ1) is 12.3. The minimum atomic E-state index is 0.447. The van der Waals surface area contributed by atoms with E-state index in [4.69, 9.17) is 5.73 Å². The Hall–Kier alpha value is -1.14. The molecule has 0 saturated carbocycles. The predicted octanol–water partition coefficient (Wildman–Crippen LogP) is 3.06. The fourth-order valence-electron chi connectivity index (χ4n) is 1.38. The number of nitrogens with zero attached hydrogens (tertiary/aromatic N) is 2. The lowest BCUT2D eigenvalue weighted by atomic mass is 10.3. The molecular weight excluding hydrogens is 300 g/mol. The number of thiophene rings is 1. The normalized spacial score (nSPS) is 10.5. The summed E-state index contributed by atoms with van der Waals surface area (Å²) in [5.74, 6) is 1.17. The van der Waals surface area contributed by atoms with Gasteiger partial charge in [0.05, 0.1) is 6.54 Å². The molecule has 0 atom stereocenters. The highest BCUT2D eigenvalue weighted by atomic mass is 79.9. The molecule has 2 rings (SSSR count). The summed E-state index contributed by atoms with van der Waals surface area (Å²) in [4.78, 5) is 10.7. The summed E-state index contributed by atoms with van der Waals surface area (Å²) in [5.41, 5.74) is 5.68. The van der Waals surface area contributed by atoms with Gasteiger partial charge in [0.1, 0.15) is 22.4 Å². The van der Waals surface area contributed by atoms with Gasteiger partial charge in [-0.3, -0.25) is 0 Å². The highest BCUT2D eigenvalue weighted by Gasteiger charge is 2.06. The fraction of sp³-hybridized carbons (Fsp3) is 0.273. The van der Waals surface area contributed by atoms with E-state index in [-0.39, 0.29) is 0 Å². The van der Waals surface area contributed by atoms with E-state index in [1.807, 2.05) is 11.3 Å². The molecule has 4 nitrogen and oxygen atoms in total. The van der Waals surface area contributed by atoms with Crippen LogP contribution in [0.2, 0.25) is 0 Å². The molecule has 0 radical (unpaired) electrons. The van der Waals surface area contributed by atoms with Crippen molar-refractivity contribution in [2.24, 2.45) is 0 Å². The molecule has 0 saturated heterocycles. The first-order valence-corrected chi connectivity index (χ1v) is 6.89. The number of rotatable bonds is 4. The van der Waals surface area contributed by atoms with Crippen LogP contribution in [-0.2, 0) is 13.0 Å². The fourth-order valence-corrected chi connectivity index (χ4v) is 2.63. The molecule has 2 aromatic rings. The van der Waals surface area contributed by atoms with Crippen LogP contribution >= 0.6 is 27.3 Å².